The van der Waals surface area contributed by atoms with Gasteiger partial charge in [-0.15, -0.1) is 0 Å². The molecule has 6 nitrogen and oxygen atoms in total. The first-order valence-corrected chi connectivity index (χ1v) is 9.62. The SMILES string of the molecule is O=C(NCc1ccccc1)c1nc(-c2cc3c(Br)cccc3n2CC(F)(F)F)no1. The Morgan fingerprint density at radius 3 is 2.63 bits per heavy atom. The Morgan fingerprint density at radius 1 is 1.13 bits per heavy atom. The van der Waals surface area contributed by atoms with Crippen LogP contribution in [0.15, 0.2) is 63.6 Å². The Bertz CT molecular complexity index is 1200. The van der Waals surface area contributed by atoms with Crippen molar-refractivity contribution in [3.63, 3.8) is 0 Å². The third-order valence-electron chi connectivity index (χ3n) is 4.38. The molecule has 2 heterocycles. The van der Waals surface area contributed by atoms with Crippen molar-refractivity contribution in [2.45, 2.75) is 19.3 Å². The van der Waals surface area contributed by atoms with Gasteiger partial charge >= 0.3 is 18.0 Å². The molecule has 0 saturated carbocycles. The smallest absolute Gasteiger partial charge is 0.344 e. The second kappa shape index (κ2) is 7.94. The van der Waals surface area contributed by atoms with Crippen LogP contribution in [0.5, 0.6) is 0 Å². The molecule has 0 bridgehead atoms. The van der Waals surface area contributed by atoms with E-state index in [9.17, 15) is 18.0 Å². The van der Waals surface area contributed by atoms with Crippen molar-refractivity contribution in [3.05, 3.63) is 70.5 Å². The van der Waals surface area contributed by atoms with Gasteiger partial charge in [-0.1, -0.05) is 57.5 Å². The zero-order valence-electron chi connectivity index (χ0n) is 15.3. The van der Waals surface area contributed by atoms with E-state index in [0.717, 1.165) is 10.1 Å². The highest BCUT2D eigenvalue weighted by atomic mass is 79.9. The quantitative estimate of drug-likeness (QED) is 0.440. The van der Waals surface area contributed by atoms with E-state index in [1.807, 2.05) is 30.3 Å². The Balaban J connectivity index is 1.64. The summed E-state index contributed by atoms with van der Waals surface area (Å²) in [6.45, 7) is -0.981. The van der Waals surface area contributed by atoms with Crippen LogP contribution in [0.2, 0.25) is 0 Å². The molecule has 0 aliphatic rings. The largest absolute Gasteiger partial charge is 0.406 e. The average Bonchev–Trinajstić information content (AvgIpc) is 3.32. The normalized spacial score (nSPS) is 11.7. The zero-order chi connectivity index (χ0) is 21.3. The van der Waals surface area contributed by atoms with Gasteiger partial charge in [0.1, 0.15) is 6.54 Å². The van der Waals surface area contributed by atoms with E-state index >= 15 is 0 Å². The molecule has 0 radical (unpaired) electrons. The van der Waals surface area contributed by atoms with E-state index in [4.69, 9.17) is 4.52 Å². The minimum atomic E-state index is -4.46. The van der Waals surface area contributed by atoms with Gasteiger partial charge in [-0.2, -0.15) is 18.2 Å². The van der Waals surface area contributed by atoms with Crippen LogP contribution in [-0.2, 0) is 13.1 Å². The zero-order valence-corrected chi connectivity index (χ0v) is 16.9. The number of fused-ring (bicyclic) bond motifs is 1. The molecule has 0 aliphatic carbocycles. The molecule has 30 heavy (non-hydrogen) atoms. The minimum Gasteiger partial charge on any atom is -0.344 e. The predicted octanol–water partition coefficient (Wildman–Crippen LogP) is 4.95. The van der Waals surface area contributed by atoms with Crippen molar-refractivity contribution < 1.29 is 22.5 Å². The fourth-order valence-electron chi connectivity index (χ4n) is 3.06. The summed E-state index contributed by atoms with van der Waals surface area (Å²) in [7, 11) is 0. The van der Waals surface area contributed by atoms with Crippen molar-refractivity contribution >= 4 is 32.7 Å². The highest BCUT2D eigenvalue weighted by molar-refractivity contribution is 9.10. The van der Waals surface area contributed by atoms with Crippen LogP contribution in [0.4, 0.5) is 13.2 Å². The number of benzene rings is 2. The molecule has 2 aromatic heterocycles. The molecule has 0 spiro atoms. The van der Waals surface area contributed by atoms with Gasteiger partial charge in [0.2, 0.25) is 5.82 Å². The molecule has 0 saturated heterocycles. The second-order valence-electron chi connectivity index (χ2n) is 6.49. The first kappa shape index (κ1) is 20.1. The van der Waals surface area contributed by atoms with Crippen LogP contribution >= 0.6 is 15.9 Å². The van der Waals surface area contributed by atoms with Crippen molar-refractivity contribution in [1.29, 1.82) is 0 Å². The summed E-state index contributed by atoms with van der Waals surface area (Å²) in [5.74, 6) is -1.05. The highest BCUT2D eigenvalue weighted by Crippen LogP contribution is 2.33. The summed E-state index contributed by atoms with van der Waals surface area (Å²) in [6.07, 6.45) is -4.46. The number of rotatable bonds is 5. The molecule has 154 valence electrons. The topological polar surface area (TPSA) is 73.0 Å². The molecule has 4 aromatic rings. The summed E-state index contributed by atoms with van der Waals surface area (Å²) in [5, 5.41) is 6.93. The fraction of sp³-hybridized carbons (Fsp3) is 0.150. The third kappa shape index (κ3) is 4.23. The lowest BCUT2D eigenvalue weighted by Crippen LogP contribution is -2.23. The van der Waals surface area contributed by atoms with Gasteiger partial charge in [-0.05, 0) is 23.8 Å². The Labute approximate surface area is 176 Å². The van der Waals surface area contributed by atoms with E-state index in [-0.39, 0.29) is 24.0 Å². The molecule has 10 heteroatoms. The molecule has 0 fully saturated rings. The first-order valence-electron chi connectivity index (χ1n) is 8.82. The monoisotopic (exact) mass is 478 g/mol. The number of nitrogens with zero attached hydrogens (tertiary/aromatic N) is 3. The van der Waals surface area contributed by atoms with Crippen molar-refractivity contribution in [3.8, 4) is 11.5 Å². The maximum atomic E-state index is 13.2. The van der Waals surface area contributed by atoms with Crippen LogP contribution < -0.4 is 5.32 Å². The molecule has 0 atom stereocenters. The lowest BCUT2D eigenvalue weighted by molar-refractivity contribution is -0.139. The van der Waals surface area contributed by atoms with E-state index in [0.29, 0.717) is 15.4 Å². The predicted molar refractivity (Wildman–Crippen MR) is 107 cm³/mol. The number of hydrogen-bond acceptors (Lipinski definition) is 4. The number of hydrogen-bond donors (Lipinski definition) is 1. The number of alkyl halides is 3. The van der Waals surface area contributed by atoms with Gasteiger partial charge in [-0.25, -0.2) is 0 Å². The van der Waals surface area contributed by atoms with E-state index < -0.39 is 18.6 Å². The van der Waals surface area contributed by atoms with Crippen molar-refractivity contribution in [2.24, 2.45) is 0 Å². The number of halogens is 4. The number of carbonyl (C=O) groups is 1. The Morgan fingerprint density at radius 2 is 1.90 bits per heavy atom. The second-order valence-corrected chi connectivity index (χ2v) is 7.35. The Hall–Kier alpha value is -3.14. The molecular formula is C20H14BrF3N4O2. The van der Waals surface area contributed by atoms with Crippen LogP contribution in [0.1, 0.15) is 16.2 Å². The number of amides is 1. The Kier molecular flexibility index (Phi) is 5.33. The maximum Gasteiger partial charge on any atom is 0.406 e. The lowest BCUT2D eigenvalue weighted by Gasteiger charge is -2.11. The van der Waals surface area contributed by atoms with Gasteiger partial charge < -0.3 is 14.4 Å². The summed E-state index contributed by atoms with van der Waals surface area (Å²) < 4.78 is 46.2. The van der Waals surface area contributed by atoms with Gasteiger partial charge in [0.15, 0.2) is 0 Å². The molecule has 1 N–H and O–H groups in total. The molecule has 1 amide bonds. The minimum absolute atomic E-state index is 0.0973. The van der Waals surface area contributed by atoms with Crippen LogP contribution in [0, 0.1) is 0 Å². The van der Waals surface area contributed by atoms with E-state index in [1.54, 1.807) is 18.2 Å². The molecule has 2 aromatic carbocycles. The number of carbonyl (C=O) groups excluding carboxylic acids is 1. The molecule has 4 rings (SSSR count). The molecular weight excluding hydrogens is 465 g/mol. The molecule has 0 unspecified atom stereocenters. The number of aromatic nitrogens is 3. The lowest BCUT2D eigenvalue weighted by atomic mass is 10.2. The standard InChI is InChI=1S/C20H14BrF3N4O2/c21-14-7-4-8-15-13(14)9-16(28(15)11-20(22,23)24)17-26-19(30-27-17)18(29)25-10-12-5-2-1-3-6-12/h1-9H,10-11H2,(H,25,29). The summed E-state index contributed by atoms with van der Waals surface area (Å²) in [6, 6.07) is 15.7. The molecule has 0 aliphatic heterocycles. The average molecular weight is 479 g/mol. The van der Waals surface area contributed by atoms with Gasteiger partial charge in [0, 0.05) is 16.4 Å². The fourth-order valence-corrected chi connectivity index (χ4v) is 3.53. The maximum absolute atomic E-state index is 13.2. The van der Waals surface area contributed by atoms with Gasteiger partial charge in [0.25, 0.3) is 0 Å². The van der Waals surface area contributed by atoms with E-state index in [2.05, 4.69) is 31.4 Å². The van der Waals surface area contributed by atoms with Gasteiger partial charge in [0.05, 0.1) is 11.2 Å². The van der Waals surface area contributed by atoms with Gasteiger partial charge in [-0.3, -0.25) is 4.79 Å². The highest BCUT2D eigenvalue weighted by Gasteiger charge is 2.31. The van der Waals surface area contributed by atoms with Crippen LogP contribution in [0.25, 0.3) is 22.4 Å². The summed E-state index contributed by atoms with van der Waals surface area (Å²) in [5.41, 5.74) is 1.33. The van der Waals surface area contributed by atoms with Crippen molar-refractivity contribution in [2.75, 3.05) is 0 Å². The van der Waals surface area contributed by atoms with E-state index in [1.165, 1.54) is 6.07 Å². The van der Waals surface area contributed by atoms with Crippen molar-refractivity contribution in [1.82, 2.24) is 20.0 Å². The first-order chi connectivity index (χ1) is 14.3. The van der Waals surface area contributed by atoms with Crippen LogP contribution in [0.3, 0.4) is 0 Å². The summed E-state index contributed by atoms with van der Waals surface area (Å²) >= 11 is 3.34. The number of nitrogens with one attached hydrogen (secondary N) is 1. The van der Waals surface area contributed by atoms with Crippen LogP contribution in [-0.4, -0.2) is 26.8 Å². The third-order valence-corrected chi connectivity index (χ3v) is 5.07. The summed E-state index contributed by atoms with van der Waals surface area (Å²) in [4.78, 5) is 16.3.